The van der Waals surface area contributed by atoms with Gasteiger partial charge in [0.1, 0.15) is 0 Å². The van der Waals surface area contributed by atoms with E-state index in [2.05, 4.69) is 41.3 Å². The van der Waals surface area contributed by atoms with Crippen LogP contribution in [0.5, 0.6) is 0 Å². The number of anilines is 1. The highest BCUT2D eigenvalue weighted by Crippen LogP contribution is 2.24. The first-order valence-corrected chi connectivity index (χ1v) is 7.28. The molecule has 1 atom stereocenters. The van der Waals surface area contributed by atoms with Crippen LogP contribution >= 0.6 is 0 Å². The van der Waals surface area contributed by atoms with Crippen LogP contribution in [0.4, 0.5) is 5.69 Å². The number of fused-ring (bicyclic) bond motifs is 1. The van der Waals surface area contributed by atoms with E-state index in [4.69, 9.17) is 10.5 Å². The average molecular weight is 270 g/mol. The molecular weight excluding hydrogens is 248 g/mol. The Morgan fingerprint density at radius 2 is 2.00 bits per heavy atom. The molecule has 3 nitrogen and oxygen atoms in total. The Morgan fingerprint density at radius 1 is 1.25 bits per heavy atom. The molecule has 0 saturated carbocycles. The summed E-state index contributed by atoms with van der Waals surface area (Å²) in [6, 6.07) is 12.7. The zero-order chi connectivity index (χ0) is 13.9. The van der Waals surface area contributed by atoms with Gasteiger partial charge in [0.15, 0.2) is 0 Å². The van der Waals surface area contributed by atoms with Crippen LogP contribution < -0.4 is 5.73 Å². The van der Waals surface area contributed by atoms with Gasteiger partial charge in [-0.2, -0.15) is 0 Å². The number of nitrogens with two attached hydrogens (primary N) is 1. The van der Waals surface area contributed by atoms with Crippen molar-refractivity contribution >= 4 is 16.5 Å². The van der Waals surface area contributed by atoms with E-state index in [9.17, 15) is 0 Å². The van der Waals surface area contributed by atoms with Gasteiger partial charge in [-0.3, -0.25) is 4.90 Å². The summed E-state index contributed by atoms with van der Waals surface area (Å²) in [5, 5.41) is 2.47. The molecule has 0 aromatic heterocycles. The molecular formula is C17H22N2O. The molecule has 0 spiro atoms. The Morgan fingerprint density at radius 3 is 2.75 bits per heavy atom. The number of nitrogens with zero attached hydrogens (tertiary/aromatic N) is 1. The van der Waals surface area contributed by atoms with E-state index in [1.165, 1.54) is 29.2 Å². The Labute approximate surface area is 120 Å². The summed E-state index contributed by atoms with van der Waals surface area (Å²) in [6.45, 7) is 3.05. The summed E-state index contributed by atoms with van der Waals surface area (Å²) in [4.78, 5) is 2.44. The fourth-order valence-electron chi connectivity index (χ4n) is 3.03. The van der Waals surface area contributed by atoms with Crippen LogP contribution in [0.2, 0.25) is 0 Å². The molecule has 1 aliphatic rings. The van der Waals surface area contributed by atoms with Crippen LogP contribution in [0.15, 0.2) is 36.4 Å². The molecule has 3 rings (SSSR count). The van der Waals surface area contributed by atoms with Crippen molar-refractivity contribution in [2.24, 2.45) is 0 Å². The summed E-state index contributed by atoms with van der Waals surface area (Å²) in [5.74, 6) is 0. The quantitative estimate of drug-likeness (QED) is 0.871. The molecule has 0 amide bonds. The number of hydrogen-bond donors (Lipinski definition) is 1. The monoisotopic (exact) mass is 270 g/mol. The van der Waals surface area contributed by atoms with Crippen molar-refractivity contribution < 1.29 is 4.74 Å². The predicted octanol–water partition coefficient (Wildman–Crippen LogP) is 3.03. The Balaban J connectivity index is 1.81. The summed E-state index contributed by atoms with van der Waals surface area (Å²) < 4.78 is 5.49. The van der Waals surface area contributed by atoms with Gasteiger partial charge in [0, 0.05) is 25.9 Å². The Hall–Kier alpha value is -1.58. The summed E-state index contributed by atoms with van der Waals surface area (Å²) in [6.07, 6.45) is 2.73. The van der Waals surface area contributed by atoms with E-state index in [1.807, 2.05) is 0 Å². The predicted molar refractivity (Wildman–Crippen MR) is 83.7 cm³/mol. The zero-order valence-electron chi connectivity index (χ0n) is 12.0. The number of hydrogen-bond acceptors (Lipinski definition) is 3. The maximum atomic E-state index is 6.21. The fourth-order valence-corrected chi connectivity index (χ4v) is 3.03. The summed E-state index contributed by atoms with van der Waals surface area (Å²) >= 11 is 0. The number of benzene rings is 2. The van der Waals surface area contributed by atoms with Gasteiger partial charge in [0.25, 0.3) is 0 Å². The van der Waals surface area contributed by atoms with Gasteiger partial charge < -0.3 is 10.5 Å². The smallest absolute Gasteiger partial charge is 0.0698 e. The number of methoxy groups -OCH3 is 1. The van der Waals surface area contributed by atoms with Gasteiger partial charge in [-0.1, -0.05) is 24.3 Å². The lowest BCUT2D eigenvalue weighted by Gasteiger charge is -2.32. The number of nitrogen functional groups attached to an aromatic ring is 1. The number of likely N-dealkylation sites (tertiary alicyclic amines) is 1. The molecule has 20 heavy (non-hydrogen) atoms. The lowest BCUT2D eigenvalue weighted by molar-refractivity contribution is 0.0286. The van der Waals surface area contributed by atoms with Crippen molar-refractivity contribution in [3.05, 3.63) is 42.0 Å². The zero-order valence-corrected chi connectivity index (χ0v) is 12.0. The van der Waals surface area contributed by atoms with Gasteiger partial charge in [0.05, 0.1) is 6.10 Å². The van der Waals surface area contributed by atoms with E-state index < -0.39 is 0 Å². The van der Waals surface area contributed by atoms with Gasteiger partial charge in [-0.25, -0.2) is 0 Å². The molecule has 1 heterocycles. The van der Waals surface area contributed by atoms with E-state index in [-0.39, 0.29) is 0 Å². The van der Waals surface area contributed by atoms with Crippen LogP contribution in [0, 0.1) is 0 Å². The normalized spacial score (nSPS) is 20.4. The van der Waals surface area contributed by atoms with Crippen LogP contribution in [0.25, 0.3) is 10.8 Å². The second-order valence-corrected chi connectivity index (χ2v) is 5.63. The first-order chi connectivity index (χ1) is 9.76. The SMILES string of the molecule is COC1CCCN(Cc2cc3ccccc3cc2N)C1. The largest absolute Gasteiger partial charge is 0.398 e. The topological polar surface area (TPSA) is 38.5 Å². The maximum absolute atomic E-state index is 6.21. The van der Waals surface area contributed by atoms with Crippen molar-refractivity contribution in [3.63, 3.8) is 0 Å². The molecule has 0 radical (unpaired) electrons. The van der Waals surface area contributed by atoms with Gasteiger partial charge in [-0.05, 0) is 47.9 Å². The molecule has 0 aliphatic carbocycles. The van der Waals surface area contributed by atoms with Gasteiger partial charge in [-0.15, -0.1) is 0 Å². The average Bonchev–Trinajstić information content (AvgIpc) is 2.48. The van der Waals surface area contributed by atoms with Crippen LogP contribution in [-0.2, 0) is 11.3 Å². The molecule has 0 bridgehead atoms. The summed E-state index contributed by atoms with van der Waals surface area (Å²) in [5.41, 5.74) is 8.33. The molecule has 1 saturated heterocycles. The number of rotatable bonds is 3. The van der Waals surface area contributed by atoms with Gasteiger partial charge in [0.2, 0.25) is 0 Å². The fraction of sp³-hybridized carbons (Fsp3) is 0.412. The second-order valence-electron chi connectivity index (χ2n) is 5.63. The van der Waals surface area contributed by atoms with Crippen molar-refractivity contribution in [3.8, 4) is 0 Å². The molecule has 2 aromatic rings. The van der Waals surface area contributed by atoms with Crippen LogP contribution in [0.1, 0.15) is 18.4 Å². The third kappa shape index (κ3) is 2.79. The third-order valence-corrected chi connectivity index (χ3v) is 4.20. The minimum atomic E-state index is 0.366. The van der Waals surface area contributed by atoms with E-state index in [0.29, 0.717) is 6.10 Å². The first-order valence-electron chi connectivity index (χ1n) is 7.28. The minimum absolute atomic E-state index is 0.366. The Kier molecular flexibility index (Phi) is 3.90. The molecule has 2 aromatic carbocycles. The van der Waals surface area contributed by atoms with E-state index in [0.717, 1.165) is 25.3 Å². The highest BCUT2D eigenvalue weighted by atomic mass is 16.5. The lowest BCUT2D eigenvalue weighted by Crippen LogP contribution is -2.38. The molecule has 1 aliphatic heterocycles. The highest BCUT2D eigenvalue weighted by Gasteiger charge is 2.20. The summed E-state index contributed by atoms with van der Waals surface area (Å²) in [7, 11) is 1.80. The second kappa shape index (κ2) is 5.81. The minimum Gasteiger partial charge on any atom is -0.398 e. The molecule has 3 heteroatoms. The molecule has 2 N–H and O–H groups in total. The molecule has 106 valence electrons. The maximum Gasteiger partial charge on any atom is 0.0698 e. The van der Waals surface area contributed by atoms with Crippen molar-refractivity contribution in [1.82, 2.24) is 4.90 Å². The van der Waals surface area contributed by atoms with Crippen LogP contribution in [-0.4, -0.2) is 31.2 Å². The number of piperidine rings is 1. The standard InChI is InChI=1S/C17H22N2O/c1-20-16-7-4-8-19(12-16)11-15-9-13-5-2-3-6-14(13)10-17(15)18/h2-3,5-6,9-10,16H,4,7-8,11-12,18H2,1H3. The van der Waals surface area contributed by atoms with Crippen molar-refractivity contribution in [1.29, 1.82) is 0 Å². The first kappa shape index (κ1) is 13.4. The molecule has 1 fully saturated rings. The third-order valence-electron chi connectivity index (χ3n) is 4.20. The Bertz CT molecular complexity index is 597. The van der Waals surface area contributed by atoms with Crippen molar-refractivity contribution in [2.75, 3.05) is 25.9 Å². The van der Waals surface area contributed by atoms with E-state index >= 15 is 0 Å². The van der Waals surface area contributed by atoms with Crippen LogP contribution in [0.3, 0.4) is 0 Å². The highest BCUT2D eigenvalue weighted by molar-refractivity contribution is 5.86. The van der Waals surface area contributed by atoms with E-state index in [1.54, 1.807) is 7.11 Å². The lowest BCUT2D eigenvalue weighted by atomic mass is 10.0. The number of ether oxygens (including phenoxy) is 1. The van der Waals surface area contributed by atoms with Crippen molar-refractivity contribution in [2.45, 2.75) is 25.5 Å². The molecule has 1 unspecified atom stereocenters. The van der Waals surface area contributed by atoms with Gasteiger partial charge >= 0.3 is 0 Å².